The van der Waals surface area contributed by atoms with Crippen molar-refractivity contribution in [2.45, 2.75) is 5.25 Å². The summed E-state index contributed by atoms with van der Waals surface area (Å²) in [6.07, 6.45) is 0. The van der Waals surface area contributed by atoms with Crippen molar-refractivity contribution in [3.8, 4) is 5.75 Å². The van der Waals surface area contributed by atoms with Gasteiger partial charge in [0.25, 0.3) is 0 Å². The number of rotatable bonds is 5. The molecule has 1 saturated heterocycles. The third kappa shape index (κ3) is 3.94. The summed E-state index contributed by atoms with van der Waals surface area (Å²) in [6, 6.07) is 4.88. The highest BCUT2D eigenvalue weighted by Crippen LogP contribution is 2.30. The van der Waals surface area contributed by atoms with E-state index in [0.29, 0.717) is 11.0 Å². The van der Waals surface area contributed by atoms with Crippen LogP contribution >= 0.6 is 23.5 Å². The molecule has 1 heterocycles. The maximum absolute atomic E-state index is 10.8. The first kappa shape index (κ1) is 14.3. The molecule has 1 aliphatic heterocycles. The zero-order chi connectivity index (χ0) is 13.7. The van der Waals surface area contributed by atoms with Gasteiger partial charge in [-0.05, 0) is 6.07 Å². The molecule has 0 aliphatic carbocycles. The molecule has 1 aromatic rings. The number of hydrogen-bond donors (Lipinski definition) is 1. The van der Waals surface area contributed by atoms with Crippen molar-refractivity contribution in [3.05, 3.63) is 28.3 Å². The third-order valence-corrected chi connectivity index (χ3v) is 5.64. The highest BCUT2D eigenvalue weighted by atomic mass is 32.2. The SMILES string of the molecule is COc1cc(NCC2CSCCS2)ccc1[N+](=O)[O-]. The van der Waals surface area contributed by atoms with E-state index in [0.717, 1.165) is 18.0 Å². The van der Waals surface area contributed by atoms with Crippen LogP contribution < -0.4 is 10.1 Å². The molecule has 0 bridgehead atoms. The lowest BCUT2D eigenvalue weighted by Gasteiger charge is -2.21. The van der Waals surface area contributed by atoms with Crippen molar-refractivity contribution >= 4 is 34.9 Å². The zero-order valence-electron chi connectivity index (χ0n) is 10.6. The molecule has 1 fully saturated rings. The molecular formula is C12H16N2O3S2. The number of nitro benzene ring substituents is 1. The third-order valence-electron chi connectivity index (χ3n) is 2.80. The number of methoxy groups -OCH3 is 1. The Labute approximate surface area is 120 Å². The Morgan fingerprint density at radius 1 is 1.53 bits per heavy atom. The van der Waals surface area contributed by atoms with E-state index in [-0.39, 0.29) is 5.69 Å². The fourth-order valence-electron chi connectivity index (χ4n) is 1.82. The van der Waals surface area contributed by atoms with Crippen LogP contribution in [0.15, 0.2) is 18.2 Å². The minimum absolute atomic E-state index is 0.00403. The predicted molar refractivity (Wildman–Crippen MR) is 81.7 cm³/mol. The summed E-state index contributed by atoms with van der Waals surface area (Å²) in [5, 5.41) is 14.7. The van der Waals surface area contributed by atoms with Crippen LogP contribution in [0.3, 0.4) is 0 Å². The van der Waals surface area contributed by atoms with Crippen LogP contribution in [0.5, 0.6) is 5.75 Å². The normalized spacial score (nSPS) is 18.9. The molecule has 7 heteroatoms. The van der Waals surface area contributed by atoms with Gasteiger partial charge in [-0.3, -0.25) is 10.1 Å². The second kappa shape index (κ2) is 6.91. The zero-order valence-corrected chi connectivity index (χ0v) is 12.3. The summed E-state index contributed by atoms with van der Waals surface area (Å²) >= 11 is 3.95. The number of anilines is 1. The summed E-state index contributed by atoms with van der Waals surface area (Å²) < 4.78 is 5.05. The van der Waals surface area contributed by atoms with E-state index >= 15 is 0 Å². The Morgan fingerprint density at radius 2 is 2.37 bits per heavy atom. The molecule has 0 radical (unpaired) electrons. The van der Waals surface area contributed by atoms with E-state index in [1.54, 1.807) is 12.1 Å². The number of nitro groups is 1. The Balaban J connectivity index is 1.98. The van der Waals surface area contributed by atoms with Crippen molar-refractivity contribution in [2.75, 3.05) is 36.2 Å². The van der Waals surface area contributed by atoms with E-state index in [2.05, 4.69) is 5.32 Å². The molecule has 1 aromatic carbocycles. The van der Waals surface area contributed by atoms with Gasteiger partial charge in [-0.15, -0.1) is 0 Å². The van der Waals surface area contributed by atoms with Crippen LogP contribution in [0.1, 0.15) is 0 Å². The van der Waals surface area contributed by atoms with E-state index in [1.165, 1.54) is 24.7 Å². The quantitative estimate of drug-likeness (QED) is 0.666. The summed E-state index contributed by atoms with van der Waals surface area (Å²) in [4.78, 5) is 10.4. The Kier molecular flexibility index (Phi) is 5.21. The first-order valence-electron chi connectivity index (χ1n) is 5.96. The lowest BCUT2D eigenvalue weighted by molar-refractivity contribution is -0.385. The van der Waals surface area contributed by atoms with Crippen LogP contribution in [0.4, 0.5) is 11.4 Å². The lowest BCUT2D eigenvalue weighted by Crippen LogP contribution is -2.23. The summed E-state index contributed by atoms with van der Waals surface area (Å²) in [6.45, 7) is 0.874. The van der Waals surface area contributed by atoms with Crippen molar-refractivity contribution in [1.82, 2.24) is 0 Å². The minimum atomic E-state index is -0.434. The first-order valence-corrected chi connectivity index (χ1v) is 8.16. The molecule has 104 valence electrons. The number of ether oxygens (including phenoxy) is 1. The number of thioether (sulfide) groups is 2. The fraction of sp³-hybridized carbons (Fsp3) is 0.500. The monoisotopic (exact) mass is 300 g/mol. The lowest BCUT2D eigenvalue weighted by atomic mass is 10.2. The first-order chi connectivity index (χ1) is 9.20. The van der Waals surface area contributed by atoms with Crippen LogP contribution in [-0.4, -0.2) is 41.1 Å². The number of benzene rings is 1. The van der Waals surface area contributed by atoms with Gasteiger partial charge in [0, 0.05) is 46.9 Å². The Bertz CT molecular complexity index is 451. The van der Waals surface area contributed by atoms with Gasteiger partial charge in [0.05, 0.1) is 12.0 Å². The minimum Gasteiger partial charge on any atom is -0.490 e. The van der Waals surface area contributed by atoms with E-state index in [1.807, 2.05) is 23.5 Å². The standard InChI is InChI=1S/C12H16N2O3S2/c1-17-12-6-9(2-3-11(12)14(15)16)13-7-10-8-18-4-5-19-10/h2-3,6,10,13H,4-5,7-8H2,1H3. The molecule has 1 atom stereocenters. The second-order valence-electron chi connectivity index (χ2n) is 4.09. The van der Waals surface area contributed by atoms with Crippen LogP contribution in [0.25, 0.3) is 0 Å². The van der Waals surface area contributed by atoms with Crippen LogP contribution in [-0.2, 0) is 0 Å². The topological polar surface area (TPSA) is 64.4 Å². The molecule has 1 aliphatic rings. The molecule has 2 rings (SSSR count). The van der Waals surface area contributed by atoms with Crippen molar-refractivity contribution in [1.29, 1.82) is 0 Å². The predicted octanol–water partition coefficient (Wildman–Crippen LogP) is 2.86. The highest BCUT2D eigenvalue weighted by molar-refractivity contribution is 8.06. The molecule has 1 unspecified atom stereocenters. The van der Waals surface area contributed by atoms with Gasteiger partial charge in [0.2, 0.25) is 0 Å². The van der Waals surface area contributed by atoms with Gasteiger partial charge in [-0.25, -0.2) is 0 Å². The highest BCUT2D eigenvalue weighted by Gasteiger charge is 2.16. The van der Waals surface area contributed by atoms with Crippen molar-refractivity contribution < 1.29 is 9.66 Å². The summed E-state index contributed by atoms with van der Waals surface area (Å²) in [5.41, 5.74) is 0.856. The molecule has 0 amide bonds. The van der Waals surface area contributed by atoms with Crippen LogP contribution in [0, 0.1) is 10.1 Å². The summed E-state index contributed by atoms with van der Waals surface area (Å²) in [5.74, 6) is 3.87. The largest absolute Gasteiger partial charge is 0.490 e. The van der Waals surface area contributed by atoms with Gasteiger partial charge in [-0.1, -0.05) is 0 Å². The molecule has 0 aromatic heterocycles. The molecule has 1 N–H and O–H groups in total. The smallest absolute Gasteiger partial charge is 0.311 e. The maximum Gasteiger partial charge on any atom is 0.311 e. The van der Waals surface area contributed by atoms with Crippen molar-refractivity contribution in [3.63, 3.8) is 0 Å². The van der Waals surface area contributed by atoms with Gasteiger partial charge in [0.1, 0.15) is 0 Å². The molecule has 19 heavy (non-hydrogen) atoms. The average molecular weight is 300 g/mol. The van der Waals surface area contributed by atoms with Crippen LogP contribution in [0.2, 0.25) is 0 Å². The number of hydrogen-bond acceptors (Lipinski definition) is 6. The van der Waals surface area contributed by atoms with Gasteiger partial charge in [-0.2, -0.15) is 23.5 Å². The van der Waals surface area contributed by atoms with E-state index in [4.69, 9.17) is 4.74 Å². The fourth-order valence-corrected chi connectivity index (χ4v) is 4.44. The molecule has 0 spiro atoms. The van der Waals surface area contributed by atoms with Gasteiger partial charge in [0.15, 0.2) is 5.75 Å². The van der Waals surface area contributed by atoms with Crippen molar-refractivity contribution in [2.24, 2.45) is 0 Å². The maximum atomic E-state index is 10.8. The Morgan fingerprint density at radius 3 is 3.00 bits per heavy atom. The average Bonchev–Trinajstić information content (AvgIpc) is 2.45. The number of nitrogens with zero attached hydrogens (tertiary/aromatic N) is 1. The Hall–Kier alpha value is -1.08. The van der Waals surface area contributed by atoms with Gasteiger partial charge >= 0.3 is 5.69 Å². The van der Waals surface area contributed by atoms with E-state index < -0.39 is 4.92 Å². The summed E-state index contributed by atoms with van der Waals surface area (Å²) in [7, 11) is 1.44. The van der Waals surface area contributed by atoms with Gasteiger partial charge < -0.3 is 10.1 Å². The number of nitrogens with one attached hydrogen (secondary N) is 1. The molecule has 0 saturated carbocycles. The second-order valence-corrected chi connectivity index (χ2v) is 6.65. The molecular weight excluding hydrogens is 284 g/mol. The molecule has 5 nitrogen and oxygen atoms in total. The van der Waals surface area contributed by atoms with E-state index in [9.17, 15) is 10.1 Å².